The normalized spacial score (nSPS) is 12.5. The van der Waals surface area contributed by atoms with Crippen molar-refractivity contribution in [1.82, 2.24) is 0 Å². The highest BCUT2D eigenvalue weighted by atomic mass is 16.3. The summed E-state index contributed by atoms with van der Waals surface area (Å²) in [6.45, 7) is 8.28. The van der Waals surface area contributed by atoms with Gasteiger partial charge in [0.15, 0.2) is 0 Å². The first-order valence-corrected chi connectivity index (χ1v) is 6.31. The topological polar surface area (TPSA) is 20.2 Å². The maximum atomic E-state index is 10.5. The fraction of sp³-hybridized carbons (Fsp3) is 0.294. The van der Waals surface area contributed by atoms with Crippen LogP contribution < -0.4 is 0 Å². The molecular formula is C17H20O. The Morgan fingerprint density at radius 1 is 0.722 bits per heavy atom. The van der Waals surface area contributed by atoms with Crippen LogP contribution in [0.1, 0.15) is 39.5 Å². The summed E-state index contributed by atoms with van der Waals surface area (Å²) in [5, 5.41) is 10.5. The minimum absolute atomic E-state index is 0.539. The van der Waals surface area contributed by atoms with Gasteiger partial charge in [-0.15, -0.1) is 0 Å². The van der Waals surface area contributed by atoms with E-state index in [1.54, 1.807) is 0 Å². The highest BCUT2D eigenvalue weighted by molar-refractivity contribution is 5.38. The van der Waals surface area contributed by atoms with Crippen molar-refractivity contribution in [1.29, 1.82) is 0 Å². The smallest absolute Gasteiger partial charge is 0.104 e. The van der Waals surface area contributed by atoms with Crippen LogP contribution in [0.5, 0.6) is 0 Å². The molecule has 0 saturated heterocycles. The van der Waals surface area contributed by atoms with Crippen LogP contribution in [-0.4, -0.2) is 5.11 Å². The Kier molecular flexibility index (Phi) is 3.53. The second-order valence-electron chi connectivity index (χ2n) is 5.17. The fourth-order valence-corrected chi connectivity index (χ4v) is 2.29. The van der Waals surface area contributed by atoms with Gasteiger partial charge < -0.3 is 5.11 Å². The fourth-order valence-electron chi connectivity index (χ4n) is 2.29. The van der Waals surface area contributed by atoms with Gasteiger partial charge in [0.25, 0.3) is 0 Å². The molecule has 1 N–H and O–H groups in total. The molecule has 1 nitrogen and oxygen atoms in total. The molecule has 0 aromatic heterocycles. The molecule has 2 rings (SSSR count). The van der Waals surface area contributed by atoms with E-state index in [1.807, 2.05) is 18.2 Å². The Morgan fingerprint density at radius 2 is 1.33 bits per heavy atom. The average Bonchev–Trinajstić information content (AvgIpc) is 2.30. The van der Waals surface area contributed by atoms with Gasteiger partial charge in [-0.05, 0) is 49.9 Å². The lowest BCUT2D eigenvalue weighted by Gasteiger charge is -2.14. The summed E-state index contributed by atoms with van der Waals surface area (Å²) in [5.74, 6) is 0. The summed E-state index contributed by atoms with van der Waals surface area (Å²) in [6, 6.07) is 12.4. The van der Waals surface area contributed by atoms with Gasteiger partial charge in [-0.2, -0.15) is 0 Å². The average molecular weight is 240 g/mol. The molecule has 0 fully saturated rings. The van der Waals surface area contributed by atoms with E-state index < -0.39 is 6.10 Å². The highest BCUT2D eigenvalue weighted by Gasteiger charge is 2.11. The minimum atomic E-state index is -0.539. The Bertz CT molecular complexity index is 550. The van der Waals surface area contributed by atoms with E-state index in [1.165, 1.54) is 22.3 Å². The monoisotopic (exact) mass is 240 g/mol. The Hall–Kier alpha value is -1.60. The number of aliphatic hydroxyl groups is 1. The van der Waals surface area contributed by atoms with E-state index in [4.69, 9.17) is 0 Å². The van der Waals surface area contributed by atoms with Crippen LogP contribution in [0.2, 0.25) is 0 Å². The molecule has 94 valence electrons. The van der Waals surface area contributed by atoms with Gasteiger partial charge in [0.05, 0.1) is 0 Å². The van der Waals surface area contributed by atoms with E-state index >= 15 is 0 Å². The first-order chi connectivity index (χ1) is 8.47. The first kappa shape index (κ1) is 12.8. The predicted octanol–water partition coefficient (Wildman–Crippen LogP) is 4.00. The lowest BCUT2D eigenvalue weighted by atomic mass is 9.96. The molecule has 0 saturated carbocycles. The molecule has 0 heterocycles. The van der Waals surface area contributed by atoms with E-state index in [0.717, 1.165) is 11.1 Å². The zero-order valence-corrected chi connectivity index (χ0v) is 11.5. The molecule has 18 heavy (non-hydrogen) atoms. The van der Waals surface area contributed by atoms with Gasteiger partial charge >= 0.3 is 0 Å². The molecule has 1 atom stereocenters. The zero-order chi connectivity index (χ0) is 13.3. The number of aliphatic hydroxyl groups excluding tert-OH is 1. The number of hydrogen-bond acceptors (Lipinski definition) is 1. The summed E-state index contributed by atoms with van der Waals surface area (Å²) in [4.78, 5) is 0. The van der Waals surface area contributed by atoms with Crippen LogP contribution >= 0.6 is 0 Å². The molecule has 2 aromatic rings. The molecule has 1 heteroatoms. The summed E-state index contributed by atoms with van der Waals surface area (Å²) >= 11 is 0. The molecule has 0 aliphatic carbocycles. The number of aryl methyl sites for hydroxylation is 4. The molecule has 0 amide bonds. The molecule has 0 spiro atoms. The van der Waals surface area contributed by atoms with Crippen LogP contribution in [0.25, 0.3) is 0 Å². The summed E-state index contributed by atoms with van der Waals surface area (Å²) < 4.78 is 0. The largest absolute Gasteiger partial charge is 0.384 e. The molecule has 0 bridgehead atoms. The predicted molar refractivity (Wildman–Crippen MR) is 75.9 cm³/mol. The molecule has 2 aromatic carbocycles. The number of benzene rings is 2. The SMILES string of the molecule is Cc1cc(C)cc(C(O)c2ccc(C)c(C)c2)c1. The molecular weight excluding hydrogens is 220 g/mol. The van der Waals surface area contributed by atoms with Crippen molar-refractivity contribution in [2.24, 2.45) is 0 Å². The maximum Gasteiger partial charge on any atom is 0.104 e. The Morgan fingerprint density at radius 3 is 1.89 bits per heavy atom. The van der Waals surface area contributed by atoms with Crippen molar-refractivity contribution in [3.8, 4) is 0 Å². The molecule has 0 aliphatic rings. The van der Waals surface area contributed by atoms with E-state index in [-0.39, 0.29) is 0 Å². The van der Waals surface area contributed by atoms with Crippen molar-refractivity contribution in [2.75, 3.05) is 0 Å². The standard InChI is InChI=1S/C17H20O/c1-11-7-12(2)9-16(8-11)17(18)15-6-5-13(3)14(4)10-15/h5-10,17-18H,1-4H3. The number of rotatable bonds is 2. The minimum Gasteiger partial charge on any atom is -0.384 e. The second kappa shape index (κ2) is 4.95. The number of hydrogen-bond donors (Lipinski definition) is 1. The maximum absolute atomic E-state index is 10.5. The molecule has 0 radical (unpaired) electrons. The van der Waals surface area contributed by atoms with Crippen molar-refractivity contribution in [3.05, 3.63) is 69.8 Å². The van der Waals surface area contributed by atoms with Crippen molar-refractivity contribution >= 4 is 0 Å². The van der Waals surface area contributed by atoms with Crippen molar-refractivity contribution < 1.29 is 5.11 Å². The van der Waals surface area contributed by atoms with Gasteiger partial charge in [-0.25, -0.2) is 0 Å². The Balaban J connectivity index is 2.40. The molecule has 1 unspecified atom stereocenters. The van der Waals surface area contributed by atoms with Crippen molar-refractivity contribution in [2.45, 2.75) is 33.8 Å². The second-order valence-corrected chi connectivity index (χ2v) is 5.17. The lowest BCUT2D eigenvalue weighted by molar-refractivity contribution is 0.220. The van der Waals surface area contributed by atoms with Crippen molar-refractivity contribution in [3.63, 3.8) is 0 Å². The summed E-state index contributed by atoms with van der Waals surface area (Å²) in [5.41, 5.74) is 6.78. The van der Waals surface area contributed by atoms with Crippen LogP contribution in [0.3, 0.4) is 0 Å². The van der Waals surface area contributed by atoms with Crippen LogP contribution in [0.4, 0.5) is 0 Å². The third-order valence-electron chi connectivity index (χ3n) is 3.41. The van der Waals surface area contributed by atoms with Gasteiger partial charge in [0, 0.05) is 0 Å². The third-order valence-corrected chi connectivity index (χ3v) is 3.41. The van der Waals surface area contributed by atoms with Gasteiger partial charge in [0.1, 0.15) is 6.10 Å². The molecule has 0 aliphatic heterocycles. The van der Waals surface area contributed by atoms with Gasteiger partial charge in [-0.1, -0.05) is 47.5 Å². The lowest BCUT2D eigenvalue weighted by Crippen LogP contribution is -2.01. The van der Waals surface area contributed by atoms with E-state index in [9.17, 15) is 5.11 Å². The quantitative estimate of drug-likeness (QED) is 0.841. The van der Waals surface area contributed by atoms with Crippen LogP contribution in [0.15, 0.2) is 36.4 Å². The van der Waals surface area contributed by atoms with Gasteiger partial charge in [0.2, 0.25) is 0 Å². The van der Waals surface area contributed by atoms with Crippen LogP contribution in [-0.2, 0) is 0 Å². The van der Waals surface area contributed by atoms with Gasteiger partial charge in [-0.3, -0.25) is 0 Å². The van der Waals surface area contributed by atoms with E-state index in [0.29, 0.717) is 0 Å². The Labute approximate surface area is 109 Å². The first-order valence-electron chi connectivity index (χ1n) is 6.31. The van der Waals surface area contributed by atoms with E-state index in [2.05, 4.69) is 45.9 Å². The third kappa shape index (κ3) is 2.62. The zero-order valence-electron chi connectivity index (χ0n) is 11.5. The summed E-state index contributed by atoms with van der Waals surface area (Å²) in [6.07, 6.45) is -0.539. The van der Waals surface area contributed by atoms with Crippen LogP contribution in [0, 0.1) is 27.7 Å². The summed E-state index contributed by atoms with van der Waals surface area (Å²) in [7, 11) is 0. The highest BCUT2D eigenvalue weighted by Crippen LogP contribution is 2.25.